The molecule has 0 radical (unpaired) electrons. The predicted molar refractivity (Wildman–Crippen MR) is 238 cm³/mol. The Morgan fingerprint density at radius 3 is 1.47 bits per heavy atom. The monoisotopic (exact) mass is 871 g/mol. The van der Waals surface area contributed by atoms with Gasteiger partial charge < -0.3 is 34.3 Å². The van der Waals surface area contributed by atoms with E-state index >= 15 is 0 Å². The van der Waals surface area contributed by atoms with Gasteiger partial charge in [0.05, 0.1) is 6.61 Å². The molecule has 348 valence electrons. The van der Waals surface area contributed by atoms with Crippen molar-refractivity contribution in [3.05, 3.63) is 48.6 Å². The summed E-state index contributed by atoms with van der Waals surface area (Å²) in [5.74, 6) is -2.02. The zero-order chi connectivity index (χ0) is 44.1. The first-order valence-electron chi connectivity index (χ1n) is 23.2. The summed E-state index contributed by atoms with van der Waals surface area (Å²) in [5, 5.41) is 30.9. The van der Waals surface area contributed by atoms with E-state index in [4.69, 9.17) is 18.9 Å². The van der Waals surface area contributed by atoms with Crippen LogP contribution in [0.15, 0.2) is 48.6 Å². The van der Waals surface area contributed by atoms with Gasteiger partial charge in [0, 0.05) is 12.8 Å². The minimum Gasteiger partial charge on any atom is -0.462 e. The largest absolute Gasteiger partial charge is 0.462 e. The number of esters is 2. The lowest BCUT2D eigenvalue weighted by atomic mass is 10.00. The fourth-order valence-electron chi connectivity index (χ4n) is 6.74. The van der Waals surface area contributed by atoms with E-state index in [2.05, 4.69) is 62.5 Å². The van der Waals surface area contributed by atoms with Gasteiger partial charge in [0.25, 0.3) is 10.1 Å². The van der Waals surface area contributed by atoms with Crippen molar-refractivity contribution in [3.8, 4) is 0 Å². The van der Waals surface area contributed by atoms with E-state index in [9.17, 15) is 37.9 Å². The Hall–Kier alpha value is -2.39. The molecule has 0 aromatic rings. The minimum atomic E-state index is -4.61. The van der Waals surface area contributed by atoms with Crippen molar-refractivity contribution in [3.63, 3.8) is 0 Å². The molecule has 1 rings (SSSR count). The number of carbonyl (C=O) groups excluding carboxylic acids is 2. The van der Waals surface area contributed by atoms with Gasteiger partial charge >= 0.3 is 11.9 Å². The first-order chi connectivity index (χ1) is 29.0. The first kappa shape index (κ1) is 55.6. The molecular formula is C47H82O12S. The summed E-state index contributed by atoms with van der Waals surface area (Å²) >= 11 is 0. The molecule has 1 aliphatic heterocycles. The van der Waals surface area contributed by atoms with Crippen LogP contribution in [0.25, 0.3) is 0 Å². The number of aliphatic hydroxyl groups excluding tert-OH is 3. The van der Waals surface area contributed by atoms with Crippen molar-refractivity contribution in [2.45, 2.75) is 218 Å². The molecule has 0 spiro atoms. The van der Waals surface area contributed by atoms with Crippen LogP contribution in [0.1, 0.15) is 181 Å². The number of carbonyl (C=O) groups is 2. The van der Waals surface area contributed by atoms with Gasteiger partial charge in [-0.25, -0.2) is 0 Å². The molecule has 0 aromatic carbocycles. The van der Waals surface area contributed by atoms with Crippen molar-refractivity contribution in [1.29, 1.82) is 0 Å². The third-order valence-corrected chi connectivity index (χ3v) is 11.1. The number of hydrogen-bond acceptors (Lipinski definition) is 11. The number of unbranched alkanes of at least 4 members (excludes halogenated alkanes) is 18. The SMILES string of the molecule is CCCCCC/C=C\C/C=C\CCCCCCCC(=O)OCC(COC1OC(CS(=O)(=O)O)C(O)C(O)C1O)OC(=O)CCCCCCC/C=C\C/C=C\CCCCCC. The fraction of sp³-hybridized carbons (Fsp3) is 0.787. The molecule has 12 nitrogen and oxygen atoms in total. The zero-order valence-electron chi connectivity index (χ0n) is 37.1. The summed E-state index contributed by atoms with van der Waals surface area (Å²) in [6.07, 6.45) is 34.3. The maximum Gasteiger partial charge on any atom is 0.306 e. The number of hydrogen-bond donors (Lipinski definition) is 4. The van der Waals surface area contributed by atoms with E-state index in [1.807, 2.05) is 0 Å². The van der Waals surface area contributed by atoms with Gasteiger partial charge in [0.1, 0.15) is 36.8 Å². The second-order valence-corrected chi connectivity index (χ2v) is 17.6. The fourth-order valence-corrected chi connectivity index (χ4v) is 7.43. The third-order valence-electron chi connectivity index (χ3n) is 10.4. The molecule has 1 heterocycles. The summed E-state index contributed by atoms with van der Waals surface area (Å²) in [6.45, 7) is 3.70. The van der Waals surface area contributed by atoms with Gasteiger partial charge in [-0.15, -0.1) is 0 Å². The Bertz CT molecular complexity index is 1300. The molecule has 60 heavy (non-hydrogen) atoms. The van der Waals surface area contributed by atoms with Crippen molar-refractivity contribution < 1.29 is 56.8 Å². The molecule has 4 N–H and O–H groups in total. The quantitative estimate of drug-likeness (QED) is 0.0200. The molecule has 1 saturated heterocycles. The first-order valence-corrected chi connectivity index (χ1v) is 24.8. The molecule has 6 unspecified atom stereocenters. The molecule has 1 aliphatic rings. The normalized spacial score (nSPS) is 20.5. The molecule has 0 aliphatic carbocycles. The van der Waals surface area contributed by atoms with Gasteiger partial charge in [-0.2, -0.15) is 8.42 Å². The van der Waals surface area contributed by atoms with Gasteiger partial charge in [-0.3, -0.25) is 14.1 Å². The van der Waals surface area contributed by atoms with Crippen molar-refractivity contribution in [2.24, 2.45) is 0 Å². The minimum absolute atomic E-state index is 0.144. The van der Waals surface area contributed by atoms with E-state index in [1.165, 1.54) is 51.4 Å². The average molecular weight is 871 g/mol. The van der Waals surface area contributed by atoms with Crippen LogP contribution in [0.5, 0.6) is 0 Å². The van der Waals surface area contributed by atoms with E-state index in [0.717, 1.165) is 89.9 Å². The van der Waals surface area contributed by atoms with Crippen LogP contribution in [-0.2, 0) is 38.7 Å². The van der Waals surface area contributed by atoms with E-state index in [1.54, 1.807) is 0 Å². The van der Waals surface area contributed by atoms with E-state index in [-0.39, 0.29) is 19.4 Å². The van der Waals surface area contributed by atoms with Crippen LogP contribution in [0, 0.1) is 0 Å². The molecule has 0 bridgehead atoms. The summed E-state index contributed by atoms with van der Waals surface area (Å²) < 4.78 is 54.1. The van der Waals surface area contributed by atoms with Gasteiger partial charge in [0.2, 0.25) is 0 Å². The topological polar surface area (TPSA) is 186 Å². The highest BCUT2D eigenvalue weighted by Crippen LogP contribution is 2.24. The lowest BCUT2D eigenvalue weighted by Crippen LogP contribution is -2.60. The van der Waals surface area contributed by atoms with Crippen LogP contribution in [0.2, 0.25) is 0 Å². The number of aliphatic hydroxyl groups is 3. The predicted octanol–water partition coefficient (Wildman–Crippen LogP) is 9.56. The van der Waals surface area contributed by atoms with Crippen molar-refractivity contribution in [1.82, 2.24) is 0 Å². The summed E-state index contributed by atoms with van der Waals surface area (Å²) in [4.78, 5) is 25.4. The Morgan fingerprint density at radius 1 is 0.567 bits per heavy atom. The summed E-state index contributed by atoms with van der Waals surface area (Å²) in [7, 11) is -4.61. The Labute approximate surface area is 363 Å². The molecular weight excluding hydrogens is 789 g/mol. The maximum absolute atomic E-state index is 12.8. The summed E-state index contributed by atoms with van der Waals surface area (Å²) in [6, 6.07) is 0. The molecule has 0 aromatic heterocycles. The zero-order valence-corrected chi connectivity index (χ0v) is 37.9. The number of ether oxygens (including phenoxy) is 4. The van der Waals surface area contributed by atoms with Gasteiger partial charge in [-0.05, 0) is 77.0 Å². The van der Waals surface area contributed by atoms with Crippen LogP contribution in [0.4, 0.5) is 0 Å². The molecule has 0 saturated carbocycles. The second-order valence-electron chi connectivity index (χ2n) is 16.1. The molecule has 1 fully saturated rings. The average Bonchev–Trinajstić information content (AvgIpc) is 3.21. The Morgan fingerprint density at radius 2 is 1.00 bits per heavy atom. The number of rotatable bonds is 38. The van der Waals surface area contributed by atoms with Crippen LogP contribution < -0.4 is 0 Å². The highest BCUT2D eigenvalue weighted by atomic mass is 32.2. The second kappa shape index (κ2) is 37.2. The van der Waals surface area contributed by atoms with Crippen LogP contribution >= 0.6 is 0 Å². The standard InChI is InChI=1S/C47H82O12S/c1-3-5-7-9-11-13-15-17-19-21-23-25-27-29-31-33-35-42(48)56-37-40(38-57-47-46(52)45(51)44(50)41(59-47)39-60(53,54)55)58-43(49)36-34-32-30-28-26-24-22-20-18-16-14-12-10-8-6-4-2/h13-16,19-22,40-41,44-47,50-52H,3-12,17-18,23-39H2,1-2H3,(H,53,54,55)/b15-13-,16-14-,21-19-,22-20-. The molecule has 13 heteroatoms. The summed E-state index contributed by atoms with van der Waals surface area (Å²) in [5.41, 5.74) is 0. The molecule has 0 amide bonds. The van der Waals surface area contributed by atoms with E-state index < -0.39 is 71.2 Å². The Balaban J connectivity index is 2.46. The highest BCUT2D eigenvalue weighted by molar-refractivity contribution is 7.85. The van der Waals surface area contributed by atoms with Gasteiger partial charge in [-0.1, -0.05) is 140 Å². The van der Waals surface area contributed by atoms with Crippen molar-refractivity contribution in [2.75, 3.05) is 19.0 Å². The third kappa shape index (κ3) is 31.5. The molecule has 6 atom stereocenters. The van der Waals surface area contributed by atoms with Crippen LogP contribution in [0.3, 0.4) is 0 Å². The smallest absolute Gasteiger partial charge is 0.306 e. The highest BCUT2D eigenvalue weighted by Gasteiger charge is 2.46. The lowest BCUT2D eigenvalue weighted by Gasteiger charge is -2.40. The maximum atomic E-state index is 12.8. The number of allylic oxidation sites excluding steroid dienone is 8. The van der Waals surface area contributed by atoms with E-state index in [0.29, 0.717) is 12.8 Å². The van der Waals surface area contributed by atoms with Crippen LogP contribution in [-0.4, -0.2) is 96.0 Å². The van der Waals surface area contributed by atoms with Gasteiger partial charge in [0.15, 0.2) is 12.4 Å². The lowest BCUT2D eigenvalue weighted by molar-refractivity contribution is -0.297. The Kier molecular flexibility index (Phi) is 34.5. The van der Waals surface area contributed by atoms with Crippen molar-refractivity contribution >= 4 is 22.1 Å².